The molecule has 0 amide bonds. The average molecular weight is 439 g/mol. The lowest BCUT2D eigenvalue weighted by molar-refractivity contribution is 0.0514. The monoisotopic (exact) mass is 438 g/mol. The van der Waals surface area contributed by atoms with Crippen molar-refractivity contribution >= 4 is 0 Å². The fourth-order valence-corrected chi connectivity index (χ4v) is 4.09. The molecule has 0 saturated heterocycles. The highest BCUT2D eigenvalue weighted by Gasteiger charge is 2.01. The van der Waals surface area contributed by atoms with Crippen LogP contribution in [0.25, 0.3) is 11.1 Å². The van der Waals surface area contributed by atoms with Crippen molar-refractivity contribution in [1.82, 2.24) is 0 Å². The molecule has 2 rings (SSSR count). The first kappa shape index (κ1) is 26.6. The van der Waals surface area contributed by atoms with Gasteiger partial charge in [0, 0.05) is 13.2 Å². The van der Waals surface area contributed by atoms with Gasteiger partial charge in [-0.25, -0.2) is 0 Å². The van der Waals surface area contributed by atoms with E-state index < -0.39 is 0 Å². The molecule has 0 saturated carbocycles. The number of benzene rings is 2. The van der Waals surface area contributed by atoms with Crippen LogP contribution < -0.4 is 0 Å². The summed E-state index contributed by atoms with van der Waals surface area (Å²) in [6.07, 6.45) is 15.7. The normalized spacial score (nSPS) is 11.2. The molecule has 0 atom stereocenters. The van der Waals surface area contributed by atoms with E-state index in [2.05, 4.69) is 55.5 Å². The number of hydrogen-bond acceptors (Lipinski definition) is 2. The maximum Gasteiger partial charge on any atom is 0.0700 e. The van der Waals surface area contributed by atoms with E-state index in [4.69, 9.17) is 9.47 Å². The number of ether oxygens (including phenoxy) is 2. The van der Waals surface area contributed by atoms with E-state index in [9.17, 15) is 0 Å². The standard InChI is InChI=1S/C30H46O2/c1-3-5-6-7-8-9-10-11-14-27-16-20-29(21-17-27)30-22-18-28(19-23-30)15-12-13-24-32-26-25-31-4-2/h16-23H,3-15,24-26H2,1-2H3. The van der Waals surface area contributed by atoms with E-state index in [1.54, 1.807) is 0 Å². The SMILES string of the molecule is CCCCCCCCCCc1ccc(-c2ccc(CCCCOCCOCC)cc2)cc1. The second kappa shape index (κ2) is 17.9. The van der Waals surface area contributed by atoms with E-state index in [-0.39, 0.29) is 0 Å². The molecule has 32 heavy (non-hydrogen) atoms. The van der Waals surface area contributed by atoms with Crippen molar-refractivity contribution in [2.75, 3.05) is 26.4 Å². The average Bonchev–Trinajstić information content (AvgIpc) is 2.83. The Labute approximate surface area is 197 Å². The zero-order chi connectivity index (χ0) is 22.7. The van der Waals surface area contributed by atoms with Crippen LogP contribution >= 0.6 is 0 Å². The molecule has 0 fully saturated rings. The van der Waals surface area contributed by atoms with Gasteiger partial charge in [0.15, 0.2) is 0 Å². The molecule has 2 heteroatoms. The van der Waals surface area contributed by atoms with Gasteiger partial charge in [-0.2, -0.15) is 0 Å². The molecule has 0 bridgehead atoms. The lowest BCUT2D eigenvalue weighted by Gasteiger charge is -2.07. The van der Waals surface area contributed by atoms with Crippen LogP contribution in [0.3, 0.4) is 0 Å². The van der Waals surface area contributed by atoms with Gasteiger partial charge in [0.2, 0.25) is 0 Å². The van der Waals surface area contributed by atoms with Gasteiger partial charge in [0.25, 0.3) is 0 Å². The van der Waals surface area contributed by atoms with Gasteiger partial charge in [-0.15, -0.1) is 0 Å². The summed E-state index contributed by atoms with van der Waals surface area (Å²) < 4.78 is 10.9. The molecule has 0 aliphatic rings. The van der Waals surface area contributed by atoms with Crippen molar-refractivity contribution in [1.29, 1.82) is 0 Å². The fourth-order valence-electron chi connectivity index (χ4n) is 4.09. The molecule has 0 aromatic heterocycles. The van der Waals surface area contributed by atoms with E-state index >= 15 is 0 Å². The Balaban J connectivity index is 1.61. The summed E-state index contributed by atoms with van der Waals surface area (Å²) in [6, 6.07) is 18.3. The highest BCUT2D eigenvalue weighted by atomic mass is 16.5. The van der Waals surface area contributed by atoms with E-state index in [0.29, 0.717) is 13.2 Å². The largest absolute Gasteiger partial charge is 0.379 e. The number of unbranched alkanes of at least 4 members (excludes halogenated alkanes) is 8. The van der Waals surface area contributed by atoms with Crippen LogP contribution in [0.2, 0.25) is 0 Å². The molecule has 0 N–H and O–H groups in total. The van der Waals surface area contributed by atoms with Crippen LogP contribution in [0.1, 0.15) is 89.2 Å². The minimum Gasteiger partial charge on any atom is -0.379 e. The van der Waals surface area contributed by atoms with Crippen LogP contribution in [0.4, 0.5) is 0 Å². The lowest BCUT2D eigenvalue weighted by atomic mass is 9.99. The van der Waals surface area contributed by atoms with Gasteiger partial charge in [0.1, 0.15) is 0 Å². The van der Waals surface area contributed by atoms with Crippen molar-refractivity contribution in [3.8, 4) is 11.1 Å². The van der Waals surface area contributed by atoms with Gasteiger partial charge in [0.05, 0.1) is 13.2 Å². The van der Waals surface area contributed by atoms with Crippen molar-refractivity contribution in [2.24, 2.45) is 0 Å². The van der Waals surface area contributed by atoms with Crippen molar-refractivity contribution in [2.45, 2.75) is 90.9 Å². The highest BCUT2D eigenvalue weighted by molar-refractivity contribution is 5.63. The molecule has 2 aromatic carbocycles. The number of aryl methyl sites for hydroxylation is 2. The van der Waals surface area contributed by atoms with E-state index in [0.717, 1.165) is 26.1 Å². The van der Waals surface area contributed by atoms with Gasteiger partial charge in [-0.3, -0.25) is 0 Å². The second-order valence-corrected chi connectivity index (χ2v) is 8.89. The Morgan fingerprint density at radius 3 is 1.47 bits per heavy atom. The lowest BCUT2D eigenvalue weighted by Crippen LogP contribution is -2.05. The zero-order valence-electron chi connectivity index (χ0n) is 20.7. The van der Waals surface area contributed by atoms with Crippen molar-refractivity contribution < 1.29 is 9.47 Å². The van der Waals surface area contributed by atoms with Crippen molar-refractivity contribution in [3.63, 3.8) is 0 Å². The number of hydrogen-bond donors (Lipinski definition) is 0. The van der Waals surface area contributed by atoms with Crippen LogP contribution in [0, 0.1) is 0 Å². The molecule has 0 radical (unpaired) electrons. The smallest absolute Gasteiger partial charge is 0.0700 e. The summed E-state index contributed by atoms with van der Waals surface area (Å²) in [5, 5.41) is 0. The van der Waals surface area contributed by atoms with Crippen LogP contribution in [0.15, 0.2) is 48.5 Å². The van der Waals surface area contributed by atoms with Crippen LogP contribution in [-0.2, 0) is 22.3 Å². The van der Waals surface area contributed by atoms with Gasteiger partial charge in [-0.05, 0) is 61.3 Å². The van der Waals surface area contributed by atoms with Gasteiger partial charge < -0.3 is 9.47 Å². The van der Waals surface area contributed by atoms with Crippen LogP contribution in [-0.4, -0.2) is 26.4 Å². The molecule has 0 aliphatic heterocycles. The first-order valence-corrected chi connectivity index (χ1v) is 13.2. The molecule has 2 aromatic rings. The zero-order valence-corrected chi connectivity index (χ0v) is 20.7. The summed E-state index contributed by atoms with van der Waals surface area (Å²) in [5.41, 5.74) is 5.51. The molecule has 0 spiro atoms. The summed E-state index contributed by atoms with van der Waals surface area (Å²) in [7, 11) is 0. The second-order valence-electron chi connectivity index (χ2n) is 8.89. The summed E-state index contributed by atoms with van der Waals surface area (Å²) >= 11 is 0. The Morgan fingerprint density at radius 2 is 0.938 bits per heavy atom. The van der Waals surface area contributed by atoms with Gasteiger partial charge in [-0.1, -0.05) is 100 Å². The minimum atomic E-state index is 0.706. The molecule has 2 nitrogen and oxygen atoms in total. The third-order valence-electron chi connectivity index (χ3n) is 6.14. The topological polar surface area (TPSA) is 18.5 Å². The molecular formula is C30H46O2. The first-order valence-electron chi connectivity index (χ1n) is 13.2. The molecule has 178 valence electrons. The van der Waals surface area contributed by atoms with E-state index in [1.165, 1.54) is 86.5 Å². The Bertz CT molecular complexity index is 613. The van der Waals surface area contributed by atoms with Crippen LogP contribution in [0.5, 0.6) is 0 Å². The summed E-state index contributed by atoms with van der Waals surface area (Å²) in [4.78, 5) is 0. The van der Waals surface area contributed by atoms with Crippen molar-refractivity contribution in [3.05, 3.63) is 59.7 Å². The van der Waals surface area contributed by atoms with Gasteiger partial charge >= 0.3 is 0 Å². The Morgan fingerprint density at radius 1 is 0.469 bits per heavy atom. The minimum absolute atomic E-state index is 0.706. The molecule has 0 heterocycles. The Hall–Kier alpha value is -1.64. The quantitative estimate of drug-likeness (QED) is 0.205. The third kappa shape index (κ3) is 11.8. The Kier molecular flexibility index (Phi) is 14.9. The maximum atomic E-state index is 5.59. The maximum absolute atomic E-state index is 5.59. The highest BCUT2D eigenvalue weighted by Crippen LogP contribution is 2.22. The summed E-state index contributed by atoms with van der Waals surface area (Å²) in [5.74, 6) is 0. The summed E-state index contributed by atoms with van der Waals surface area (Å²) in [6.45, 7) is 7.31. The third-order valence-corrected chi connectivity index (χ3v) is 6.14. The number of rotatable bonds is 19. The first-order chi connectivity index (χ1) is 15.8. The van der Waals surface area contributed by atoms with E-state index in [1.807, 2.05) is 6.92 Å². The predicted octanol–water partition coefficient (Wildman–Crippen LogP) is 8.41. The fraction of sp³-hybridized carbons (Fsp3) is 0.600. The predicted molar refractivity (Wildman–Crippen MR) is 138 cm³/mol. The molecular weight excluding hydrogens is 392 g/mol. The molecule has 0 unspecified atom stereocenters. The molecule has 0 aliphatic carbocycles.